The van der Waals surface area contributed by atoms with Gasteiger partial charge in [-0.1, -0.05) is 11.6 Å². The van der Waals surface area contributed by atoms with Crippen LogP contribution < -0.4 is 5.73 Å². The molecule has 0 aromatic heterocycles. The van der Waals surface area contributed by atoms with E-state index < -0.39 is 5.82 Å². The second-order valence-electron chi connectivity index (χ2n) is 3.92. The van der Waals surface area contributed by atoms with Crippen molar-refractivity contribution in [3.05, 3.63) is 34.6 Å². The third kappa shape index (κ3) is 2.18. The zero-order valence-corrected chi connectivity index (χ0v) is 9.38. The van der Waals surface area contributed by atoms with Crippen LogP contribution in [0, 0.1) is 5.82 Å². The zero-order chi connectivity index (χ0) is 11.7. The van der Waals surface area contributed by atoms with Gasteiger partial charge < -0.3 is 10.6 Å². The first kappa shape index (κ1) is 11.4. The van der Waals surface area contributed by atoms with E-state index in [4.69, 9.17) is 17.3 Å². The summed E-state index contributed by atoms with van der Waals surface area (Å²) in [7, 11) is 0. The number of hydrogen-bond donors (Lipinski definition) is 1. The van der Waals surface area contributed by atoms with Crippen LogP contribution in [0.15, 0.2) is 18.2 Å². The van der Waals surface area contributed by atoms with Gasteiger partial charge >= 0.3 is 0 Å². The molecule has 16 heavy (non-hydrogen) atoms. The summed E-state index contributed by atoms with van der Waals surface area (Å²) >= 11 is 5.62. The van der Waals surface area contributed by atoms with E-state index in [2.05, 4.69) is 0 Å². The Morgan fingerprint density at radius 3 is 2.88 bits per heavy atom. The van der Waals surface area contributed by atoms with E-state index in [1.807, 2.05) is 0 Å². The normalized spacial score (nSPS) is 20.2. The molecule has 0 saturated carbocycles. The fourth-order valence-electron chi connectivity index (χ4n) is 1.81. The maximum absolute atomic E-state index is 13.5. The van der Waals surface area contributed by atoms with Gasteiger partial charge in [0.1, 0.15) is 5.82 Å². The minimum absolute atomic E-state index is 0.000638. The third-order valence-corrected chi connectivity index (χ3v) is 2.91. The Hall–Kier alpha value is -1.13. The Morgan fingerprint density at radius 1 is 1.56 bits per heavy atom. The van der Waals surface area contributed by atoms with Crippen molar-refractivity contribution < 1.29 is 9.18 Å². The predicted molar refractivity (Wildman–Crippen MR) is 59.9 cm³/mol. The van der Waals surface area contributed by atoms with Crippen LogP contribution in [0.5, 0.6) is 0 Å². The molecule has 86 valence electrons. The minimum Gasteiger partial charge on any atom is -0.337 e. The lowest BCUT2D eigenvalue weighted by atomic mass is 10.2. The molecule has 1 aromatic rings. The predicted octanol–water partition coefficient (Wildman–Crippen LogP) is 1.65. The van der Waals surface area contributed by atoms with Gasteiger partial charge in [0.05, 0.1) is 5.56 Å². The van der Waals surface area contributed by atoms with Crippen molar-refractivity contribution in [3.63, 3.8) is 0 Å². The van der Waals surface area contributed by atoms with Crippen LogP contribution in [0.3, 0.4) is 0 Å². The van der Waals surface area contributed by atoms with E-state index in [9.17, 15) is 9.18 Å². The number of nitrogens with zero attached hydrogens (tertiary/aromatic N) is 1. The summed E-state index contributed by atoms with van der Waals surface area (Å²) in [5, 5.41) is 0.284. The fourth-order valence-corrected chi connectivity index (χ4v) is 1.96. The van der Waals surface area contributed by atoms with E-state index in [1.54, 1.807) is 4.90 Å². The van der Waals surface area contributed by atoms with Gasteiger partial charge in [-0.05, 0) is 24.6 Å². The molecule has 0 bridgehead atoms. The lowest BCUT2D eigenvalue weighted by molar-refractivity contribution is 0.0786. The Balaban J connectivity index is 2.21. The highest BCUT2D eigenvalue weighted by molar-refractivity contribution is 6.30. The second-order valence-corrected chi connectivity index (χ2v) is 4.36. The van der Waals surface area contributed by atoms with Gasteiger partial charge in [-0.25, -0.2) is 4.39 Å². The van der Waals surface area contributed by atoms with Crippen molar-refractivity contribution in [3.8, 4) is 0 Å². The Morgan fingerprint density at radius 2 is 2.31 bits per heavy atom. The molecule has 2 N–H and O–H groups in total. The first-order valence-corrected chi connectivity index (χ1v) is 5.45. The quantitative estimate of drug-likeness (QED) is 0.814. The van der Waals surface area contributed by atoms with Gasteiger partial charge in [-0.15, -0.1) is 0 Å². The molecule has 0 spiro atoms. The van der Waals surface area contributed by atoms with Gasteiger partial charge in [0.25, 0.3) is 5.91 Å². The molecule has 1 unspecified atom stereocenters. The highest BCUT2D eigenvalue weighted by atomic mass is 35.5. The lowest BCUT2D eigenvalue weighted by Crippen LogP contribution is -2.32. The van der Waals surface area contributed by atoms with E-state index in [1.165, 1.54) is 12.1 Å². The molecule has 1 fully saturated rings. The number of amides is 1. The first-order chi connectivity index (χ1) is 7.58. The first-order valence-electron chi connectivity index (χ1n) is 5.08. The van der Waals surface area contributed by atoms with Crippen LogP contribution in [0.25, 0.3) is 0 Å². The largest absolute Gasteiger partial charge is 0.337 e. The smallest absolute Gasteiger partial charge is 0.256 e. The number of nitrogens with two attached hydrogens (primary N) is 1. The summed E-state index contributed by atoms with van der Waals surface area (Å²) in [4.78, 5) is 13.5. The highest BCUT2D eigenvalue weighted by Crippen LogP contribution is 2.18. The molecule has 3 nitrogen and oxygen atoms in total. The average molecular weight is 243 g/mol. The van der Waals surface area contributed by atoms with Gasteiger partial charge in [-0.2, -0.15) is 0 Å². The summed E-state index contributed by atoms with van der Waals surface area (Å²) in [5.41, 5.74) is 5.75. The van der Waals surface area contributed by atoms with E-state index in [0.29, 0.717) is 13.1 Å². The maximum Gasteiger partial charge on any atom is 0.256 e. The molecule has 1 aliphatic heterocycles. The summed E-state index contributed by atoms with van der Waals surface area (Å²) in [5.74, 6) is -0.903. The summed E-state index contributed by atoms with van der Waals surface area (Å²) in [6.45, 7) is 1.07. The zero-order valence-electron chi connectivity index (χ0n) is 8.62. The molecule has 0 radical (unpaired) electrons. The topological polar surface area (TPSA) is 46.3 Å². The molecule has 1 heterocycles. The van der Waals surface area contributed by atoms with Crippen LogP contribution in [-0.4, -0.2) is 29.9 Å². The second kappa shape index (κ2) is 4.39. The molecular weight excluding hydrogens is 231 g/mol. The monoisotopic (exact) mass is 242 g/mol. The molecule has 1 aliphatic rings. The van der Waals surface area contributed by atoms with E-state index >= 15 is 0 Å². The van der Waals surface area contributed by atoms with Crippen LogP contribution in [-0.2, 0) is 0 Å². The standard InChI is InChI=1S/C11H12ClFN2O/c12-7-1-2-9(10(13)5-7)11(16)15-4-3-8(14)6-15/h1-2,5,8H,3-4,6,14H2. The van der Waals surface area contributed by atoms with Gasteiger partial charge in [0.15, 0.2) is 0 Å². The van der Waals surface area contributed by atoms with E-state index in [0.717, 1.165) is 12.5 Å². The Bertz CT molecular complexity index is 424. The number of benzene rings is 1. The highest BCUT2D eigenvalue weighted by Gasteiger charge is 2.26. The number of halogens is 2. The van der Waals surface area contributed by atoms with E-state index in [-0.39, 0.29) is 22.5 Å². The molecule has 1 saturated heterocycles. The number of likely N-dealkylation sites (tertiary alicyclic amines) is 1. The lowest BCUT2D eigenvalue weighted by Gasteiger charge is -2.16. The fraction of sp³-hybridized carbons (Fsp3) is 0.364. The Labute approximate surface area is 98.0 Å². The minimum atomic E-state index is -0.585. The van der Waals surface area contributed by atoms with Crippen molar-refractivity contribution >= 4 is 17.5 Å². The van der Waals surface area contributed by atoms with Crippen molar-refractivity contribution in [2.75, 3.05) is 13.1 Å². The van der Waals surface area contributed by atoms with Crippen molar-refractivity contribution in [2.45, 2.75) is 12.5 Å². The van der Waals surface area contributed by atoms with Crippen LogP contribution in [0.4, 0.5) is 4.39 Å². The van der Waals surface area contributed by atoms with Crippen molar-refractivity contribution in [1.82, 2.24) is 4.90 Å². The SMILES string of the molecule is NC1CCN(C(=O)c2ccc(Cl)cc2F)C1. The van der Waals surface area contributed by atoms with Crippen LogP contribution in [0.2, 0.25) is 5.02 Å². The average Bonchev–Trinajstić information content (AvgIpc) is 2.64. The molecule has 2 rings (SSSR count). The number of carbonyl (C=O) groups is 1. The number of rotatable bonds is 1. The summed E-state index contributed by atoms with van der Waals surface area (Å²) in [6, 6.07) is 4.06. The molecule has 0 aliphatic carbocycles. The molecule has 5 heteroatoms. The van der Waals surface area contributed by atoms with Crippen molar-refractivity contribution in [2.24, 2.45) is 5.73 Å². The number of carbonyl (C=O) groups excluding carboxylic acids is 1. The molecule has 1 amide bonds. The van der Waals surface area contributed by atoms with Gasteiger partial charge in [-0.3, -0.25) is 4.79 Å². The Kier molecular flexibility index (Phi) is 3.12. The summed E-state index contributed by atoms with van der Waals surface area (Å²) < 4.78 is 13.5. The van der Waals surface area contributed by atoms with Gasteiger partial charge in [0, 0.05) is 24.2 Å². The third-order valence-electron chi connectivity index (χ3n) is 2.67. The molecule has 1 aromatic carbocycles. The molecular formula is C11H12ClFN2O. The molecule has 1 atom stereocenters. The van der Waals surface area contributed by atoms with Crippen LogP contribution in [0.1, 0.15) is 16.8 Å². The van der Waals surface area contributed by atoms with Crippen molar-refractivity contribution in [1.29, 1.82) is 0 Å². The summed E-state index contributed by atoms with van der Waals surface area (Å²) in [6.07, 6.45) is 0.765. The van der Waals surface area contributed by atoms with Gasteiger partial charge in [0.2, 0.25) is 0 Å². The number of hydrogen-bond acceptors (Lipinski definition) is 2. The maximum atomic E-state index is 13.5. The van der Waals surface area contributed by atoms with Crippen LogP contribution >= 0.6 is 11.6 Å².